The van der Waals surface area contributed by atoms with E-state index in [1.165, 1.54) is 0 Å². The van der Waals surface area contributed by atoms with Gasteiger partial charge in [-0.2, -0.15) is 8.42 Å². The number of ether oxygens (including phenoxy) is 1. The van der Waals surface area contributed by atoms with Crippen molar-refractivity contribution in [2.24, 2.45) is 5.73 Å². The predicted molar refractivity (Wildman–Crippen MR) is 42.0 cm³/mol. The Morgan fingerprint density at radius 1 is 1.58 bits per heavy atom. The standard InChI is InChI=1S/C5H13NO5S/c1-2-11-5(7,3-6)4-12(8,9)10/h7H,2-4,6H2,1H3,(H,8,9,10). The van der Waals surface area contributed by atoms with Gasteiger partial charge in [-0.25, -0.2) is 0 Å². The van der Waals surface area contributed by atoms with Gasteiger partial charge in [-0.15, -0.1) is 0 Å². The molecule has 1 unspecified atom stereocenters. The number of rotatable bonds is 5. The minimum absolute atomic E-state index is 0.114. The Bertz CT molecular complexity index is 226. The molecule has 12 heavy (non-hydrogen) atoms. The van der Waals surface area contributed by atoms with E-state index in [2.05, 4.69) is 4.74 Å². The molecule has 1 atom stereocenters. The zero-order valence-electron chi connectivity index (χ0n) is 6.73. The van der Waals surface area contributed by atoms with Crippen molar-refractivity contribution < 1.29 is 22.8 Å². The molecule has 0 radical (unpaired) electrons. The molecule has 6 nitrogen and oxygen atoms in total. The second-order valence-electron chi connectivity index (χ2n) is 2.31. The molecule has 0 rings (SSSR count). The van der Waals surface area contributed by atoms with Crippen LogP contribution in [0.15, 0.2) is 0 Å². The molecule has 0 spiro atoms. The summed E-state index contributed by atoms with van der Waals surface area (Å²) in [6, 6.07) is 0. The molecule has 0 fully saturated rings. The van der Waals surface area contributed by atoms with E-state index >= 15 is 0 Å². The zero-order chi connectivity index (χ0) is 9.83. The van der Waals surface area contributed by atoms with Crippen LogP contribution in [0.5, 0.6) is 0 Å². The highest BCUT2D eigenvalue weighted by atomic mass is 32.2. The SMILES string of the molecule is CCOC(O)(CN)CS(=O)(=O)O. The van der Waals surface area contributed by atoms with Crippen LogP contribution in [-0.4, -0.2) is 42.8 Å². The first-order chi connectivity index (χ1) is 5.33. The third kappa shape index (κ3) is 4.62. The lowest BCUT2D eigenvalue weighted by molar-refractivity contribution is -0.176. The summed E-state index contributed by atoms with van der Waals surface area (Å²) >= 11 is 0. The smallest absolute Gasteiger partial charge is 0.270 e. The number of hydrogen-bond donors (Lipinski definition) is 3. The topological polar surface area (TPSA) is 110 Å². The average Bonchev–Trinajstić information content (AvgIpc) is 1.84. The van der Waals surface area contributed by atoms with Gasteiger partial charge in [-0.05, 0) is 6.92 Å². The van der Waals surface area contributed by atoms with Crippen molar-refractivity contribution in [2.75, 3.05) is 18.9 Å². The van der Waals surface area contributed by atoms with Gasteiger partial charge < -0.3 is 15.6 Å². The lowest BCUT2D eigenvalue weighted by Gasteiger charge is -2.24. The maximum atomic E-state index is 10.3. The minimum Gasteiger partial charge on any atom is -0.364 e. The van der Waals surface area contributed by atoms with Crippen LogP contribution in [0.4, 0.5) is 0 Å². The molecule has 0 aromatic carbocycles. The largest absolute Gasteiger partial charge is 0.364 e. The first-order valence-corrected chi connectivity index (χ1v) is 4.95. The maximum Gasteiger partial charge on any atom is 0.270 e. The highest BCUT2D eigenvalue weighted by Crippen LogP contribution is 2.07. The molecule has 0 bridgehead atoms. The van der Waals surface area contributed by atoms with Crippen LogP contribution in [0.1, 0.15) is 6.92 Å². The molecular weight excluding hydrogens is 186 g/mol. The van der Waals surface area contributed by atoms with E-state index in [1.54, 1.807) is 6.92 Å². The van der Waals surface area contributed by atoms with Crippen LogP contribution < -0.4 is 5.73 Å². The van der Waals surface area contributed by atoms with Crippen LogP contribution in [0.25, 0.3) is 0 Å². The summed E-state index contributed by atoms with van der Waals surface area (Å²) in [6.07, 6.45) is 0. The van der Waals surface area contributed by atoms with Crippen molar-refractivity contribution >= 4 is 10.1 Å². The molecule has 0 aliphatic carbocycles. The molecular formula is C5H13NO5S. The summed E-state index contributed by atoms with van der Waals surface area (Å²) in [5.41, 5.74) is 5.05. The fourth-order valence-electron chi connectivity index (χ4n) is 0.713. The maximum absolute atomic E-state index is 10.3. The normalized spacial score (nSPS) is 17.3. The van der Waals surface area contributed by atoms with Gasteiger partial charge in [0, 0.05) is 13.2 Å². The molecule has 0 aliphatic heterocycles. The lowest BCUT2D eigenvalue weighted by Crippen LogP contribution is -2.46. The van der Waals surface area contributed by atoms with Gasteiger partial charge in [0.2, 0.25) is 0 Å². The van der Waals surface area contributed by atoms with E-state index in [1.807, 2.05) is 0 Å². The molecule has 0 aromatic heterocycles. The van der Waals surface area contributed by atoms with Crippen LogP contribution >= 0.6 is 0 Å². The van der Waals surface area contributed by atoms with E-state index in [9.17, 15) is 13.5 Å². The monoisotopic (exact) mass is 199 g/mol. The molecule has 0 saturated heterocycles. The molecule has 0 heterocycles. The quantitative estimate of drug-likeness (QED) is 0.369. The number of aliphatic hydroxyl groups is 1. The third-order valence-corrected chi connectivity index (χ3v) is 1.96. The van der Waals surface area contributed by atoms with E-state index in [0.717, 1.165) is 0 Å². The molecule has 74 valence electrons. The van der Waals surface area contributed by atoms with E-state index < -0.39 is 21.7 Å². The fraction of sp³-hybridized carbons (Fsp3) is 1.00. The molecule has 7 heteroatoms. The molecule has 4 N–H and O–H groups in total. The second-order valence-corrected chi connectivity index (χ2v) is 3.76. The summed E-state index contributed by atoms with van der Waals surface area (Å²) in [7, 11) is -4.27. The van der Waals surface area contributed by atoms with Gasteiger partial charge in [0.25, 0.3) is 10.1 Å². The molecule has 0 saturated carbocycles. The van der Waals surface area contributed by atoms with Crippen LogP contribution in [0.2, 0.25) is 0 Å². The van der Waals surface area contributed by atoms with E-state index in [-0.39, 0.29) is 13.2 Å². The minimum atomic E-state index is -4.27. The lowest BCUT2D eigenvalue weighted by atomic mass is 10.3. The number of hydrogen-bond acceptors (Lipinski definition) is 5. The molecule has 0 aromatic rings. The highest BCUT2D eigenvalue weighted by molar-refractivity contribution is 7.85. The second kappa shape index (κ2) is 4.15. The summed E-state index contributed by atoms with van der Waals surface area (Å²) < 4.78 is 33.7. The van der Waals surface area contributed by atoms with Gasteiger partial charge >= 0.3 is 0 Å². The van der Waals surface area contributed by atoms with Gasteiger partial charge in [0.15, 0.2) is 5.79 Å². The summed E-state index contributed by atoms with van der Waals surface area (Å²) in [5, 5.41) is 9.27. The van der Waals surface area contributed by atoms with Crippen molar-refractivity contribution in [2.45, 2.75) is 12.7 Å². The van der Waals surface area contributed by atoms with Crippen molar-refractivity contribution in [3.8, 4) is 0 Å². The average molecular weight is 199 g/mol. The number of nitrogens with two attached hydrogens (primary N) is 1. The van der Waals surface area contributed by atoms with Crippen molar-refractivity contribution in [1.29, 1.82) is 0 Å². The fourth-order valence-corrected chi connectivity index (χ4v) is 1.48. The van der Waals surface area contributed by atoms with Crippen LogP contribution in [-0.2, 0) is 14.9 Å². The Morgan fingerprint density at radius 3 is 2.33 bits per heavy atom. The van der Waals surface area contributed by atoms with E-state index in [4.69, 9.17) is 10.3 Å². The molecule has 0 amide bonds. The summed E-state index contributed by atoms with van der Waals surface area (Å²) in [4.78, 5) is 0. The highest BCUT2D eigenvalue weighted by Gasteiger charge is 2.31. The van der Waals surface area contributed by atoms with Gasteiger partial charge in [0.05, 0.1) is 0 Å². The first-order valence-electron chi connectivity index (χ1n) is 3.34. The Labute approximate surface area is 71.1 Å². The van der Waals surface area contributed by atoms with Gasteiger partial charge in [-0.1, -0.05) is 0 Å². The Balaban J connectivity index is 4.34. The van der Waals surface area contributed by atoms with Crippen molar-refractivity contribution in [1.82, 2.24) is 0 Å². The van der Waals surface area contributed by atoms with Gasteiger partial charge in [-0.3, -0.25) is 4.55 Å². The van der Waals surface area contributed by atoms with Crippen molar-refractivity contribution in [3.63, 3.8) is 0 Å². The van der Waals surface area contributed by atoms with Gasteiger partial charge in [0.1, 0.15) is 5.75 Å². The molecule has 0 aliphatic rings. The summed E-state index contributed by atoms with van der Waals surface area (Å²) in [6.45, 7) is 1.30. The Kier molecular flexibility index (Phi) is 4.08. The third-order valence-electron chi connectivity index (χ3n) is 1.14. The first kappa shape index (κ1) is 11.8. The van der Waals surface area contributed by atoms with Crippen LogP contribution in [0, 0.1) is 0 Å². The predicted octanol–water partition coefficient (Wildman–Crippen LogP) is -1.44. The summed E-state index contributed by atoms with van der Waals surface area (Å²) in [5.74, 6) is -2.90. The Morgan fingerprint density at radius 2 is 2.08 bits per heavy atom. The van der Waals surface area contributed by atoms with Crippen LogP contribution in [0.3, 0.4) is 0 Å². The van der Waals surface area contributed by atoms with Crippen molar-refractivity contribution in [3.05, 3.63) is 0 Å². The zero-order valence-corrected chi connectivity index (χ0v) is 7.54. The van der Waals surface area contributed by atoms with E-state index in [0.29, 0.717) is 0 Å². The Hall–Kier alpha value is -0.210.